The smallest absolute Gasteiger partial charge is 0.330 e. The van der Waals surface area contributed by atoms with Crippen molar-refractivity contribution in [1.29, 1.82) is 0 Å². The second-order valence-electron chi connectivity index (χ2n) is 7.83. The van der Waals surface area contributed by atoms with E-state index in [4.69, 9.17) is 9.47 Å². The molecular weight excluding hydrogens is 404 g/mol. The number of methoxy groups -OCH3 is 1. The molecule has 2 heterocycles. The highest BCUT2D eigenvalue weighted by Crippen LogP contribution is 2.51. The van der Waals surface area contributed by atoms with E-state index in [1.165, 1.54) is 23.8 Å². The van der Waals surface area contributed by atoms with E-state index in [9.17, 15) is 14.4 Å². The first kappa shape index (κ1) is 20.5. The summed E-state index contributed by atoms with van der Waals surface area (Å²) in [5.41, 5.74) is 0.410. The number of fused-ring (bicyclic) bond motifs is 2. The first-order valence-corrected chi connectivity index (χ1v) is 10.7. The Labute approximate surface area is 179 Å². The van der Waals surface area contributed by atoms with Crippen LogP contribution in [0.25, 0.3) is 10.8 Å². The Morgan fingerprint density at radius 2 is 1.93 bits per heavy atom. The number of hydrogen-bond acceptors (Lipinski definition) is 6. The molecule has 2 amide bonds. The Balaban J connectivity index is 1.63. The molecule has 0 bridgehead atoms. The second-order valence-corrected chi connectivity index (χ2v) is 9.60. The number of thioether (sulfide) groups is 1. The molecule has 4 rings (SSSR count). The Morgan fingerprint density at radius 3 is 2.63 bits per heavy atom. The van der Waals surface area contributed by atoms with E-state index >= 15 is 0 Å². The van der Waals surface area contributed by atoms with Crippen molar-refractivity contribution < 1.29 is 23.9 Å². The van der Waals surface area contributed by atoms with Gasteiger partial charge in [-0.2, -0.15) is 0 Å². The average Bonchev–Trinajstić information content (AvgIpc) is 2.99. The Kier molecular flexibility index (Phi) is 5.13. The monoisotopic (exact) mass is 428 g/mol. The third-order valence-corrected chi connectivity index (χ3v) is 7.14. The van der Waals surface area contributed by atoms with Crippen LogP contribution in [0.2, 0.25) is 0 Å². The van der Waals surface area contributed by atoms with E-state index < -0.39 is 22.8 Å². The fraction of sp³-hybridized carbons (Fsp3) is 0.409. The Bertz CT molecular complexity index is 1040. The summed E-state index contributed by atoms with van der Waals surface area (Å²) in [4.78, 5) is 39.9. The first-order valence-electron chi connectivity index (χ1n) is 9.83. The van der Waals surface area contributed by atoms with Gasteiger partial charge in [-0.1, -0.05) is 30.3 Å². The van der Waals surface area contributed by atoms with Crippen LogP contribution in [-0.4, -0.2) is 58.6 Å². The number of nitrogens with zero attached hydrogens (tertiary/aromatic N) is 1. The summed E-state index contributed by atoms with van der Waals surface area (Å²) in [7, 11) is 1.32. The maximum atomic E-state index is 13.3. The minimum atomic E-state index is -0.704. The third kappa shape index (κ3) is 3.10. The molecule has 3 unspecified atom stereocenters. The number of β-lactam (4-membered cyclic amide) rings is 1. The van der Waals surface area contributed by atoms with E-state index in [-0.39, 0.29) is 17.2 Å². The molecule has 2 aliphatic heterocycles. The summed E-state index contributed by atoms with van der Waals surface area (Å²) in [6.45, 7) is 6.08. The molecule has 2 aliphatic rings. The van der Waals surface area contributed by atoms with Crippen molar-refractivity contribution in [2.45, 2.75) is 43.0 Å². The zero-order chi connectivity index (χ0) is 21.6. The molecule has 1 N–H and O–H groups in total. The number of esters is 1. The van der Waals surface area contributed by atoms with Crippen LogP contribution in [0.1, 0.15) is 31.1 Å². The van der Waals surface area contributed by atoms with Crippen molar-refractivity contribution in [2.24, 2.45) is 0 Å². The zero-order valence-electron chi connectivity index (χ0n) is 17.3. The van der Waals surface area contributed by atoms with E-state index in [0.29, 0.717) is 17.9 Å². The van der Waals surface area contributed by atoms with Gasteiger partial charge in [0.25, 0.3) is 5.91 Å². The number of ether oxygens (including phenoxy) is 2. The van der Waals surface area contributed by atoms with Crippen LogP contribution in [0.5, 0.6) is 5.75 Å². The molecule has 2 fully saturated rings. The van der Waals surface area contributed by atoms with E-state index in [1.54, 1.807) is 6.07 Å². The average molecular weight is 429 g/mol. The molecule has 3 atom stereocenters. The van der Waals surface area contributed by atoms with Crippen LogP contribution < -0.4 is 10.1 Å². The molecule has 158 valence electrons. The van der Waals surface area contributed by atoms with Gasteiger partial charge >= 0.3 is 5.97 Å². The third-order valence-electron chi connectivity index (χ3n) is 5.57. The SMILES string of the molecule is CCOc1ccc2ccccc2c1C(=O)NC1C(=O)N2C1SC(C)(C)C2C(=O)OC. The van der Waals surface area contributed by atoms with Gasteiger partial charge in [0.05, 0.1) is 19.3 Å². The van der Waals surface area contributed by atoms with Gasteiger partial charge in [-0.3, -0.25) is 9.59 Å². The predicted octanol–water partition coefficient (Wildman–Crippen LogP) is 2.57. The molecule has 7 nitrogen and oxygen atoms in total. The summed E-state index contributed by atoms with van der Waals surface area (Å²) in [5.74, 6) is -0.613. The summed E-state index contributed by atoms with van der Waals surface area (Å²) in [6, 6.07) is 9.86. The van der Waals surface area contributed by atoms with Gasteiger partial charge in [-0.15, -0.1) is 11.8 Å². The molecule has 0 aliphatic carbocycles. The minimum absolute atomic E-state index is 0.278. The number of carbonyl (C=O) groups is 3. The highest BCUT2D eigenvalue weighted by atomic mass is 32.2. The molecule has 2 aromatic carbocycles. The normalized spacial score (nSPS) is 24.2. The summed E-state index contributed by atoms with van der Waals surface area (Å²) >= 11 is 1.49. The molecule has 0 saturated carbocycles. The number of hydrogen-bond donors (Lipinski definition) is 1. The summed E-state index contributed by atoms with van der Waals surface area (Å²) in [6.07, 6.45) is 0. The molecule has 2 saturated heterocycles. The lowest BCUT2D eigenvalue weighted by molar-refractivity contribution is -0.161. The maximum Gasteiger partial charge on any atom is 0.330 e. The van der Waals surface area contributed by atoms with Crippen LogP contribution in [0.3, 0.4) is 0 Å². The lowest BCUT2D eigenvalue weighted by Gasteiger charge is -2.43. The van der Waals surface area contributed by atoms with Crippen LogP contribution in [-0.2, 0) is 14.3 Å². The number of rotatable bonds is 5. The lowest BCUT2D eigenvalue weighted by Crippen LogP contribution is -2.70. The second kappa shape index (κ2) is 7.50. The fourth-order valence-corrected chi connectivity index (χ4v) is 5.83. The standard InChI is InChI=1S/C22H24N2O5S/c1-5-29-14-11-10-12-8-6-7-9-13(12)15(14)18(25)23-16-19(26)24-17(21(27)28-4)22(2,3)30-20(16)24/h6-11,16-17,20H,5H2,1-4H3,(H,23,25). The Hall–Kier alpha value is -2.74. The van der Waals surface area contributed by atoms with Gasteiger partial charge < -0.3 is 19.7 Å². The highest BCUT2D eigenvalue weighted by molar-refractivity contribution is 8.01. The van der Waals surface area contributed by atoms with Gasteiger partial charge in [0.1, 0.15) is 23.2 Å². The molecule has 30 heavy (non-hydrogen) atoms. The number of amides is 2. The van der Waals surface area contributed by atoms with Crippen molar-refractivity contribution in [1.82, 2.24) is 10.2 Å². The molecule has 0 radical (unpaired) electrons. The fourth-order valence-electron chi connectivity index (χ4n) is 4.21. The predicted molar refractivity (Wildman–Crippen MR) is 114 cm³/mol. The van der Waals surface area contributed by atoms with E-state index in [0.717, 1.165) is 10.8 Å². The van der Waals surface area contributed by atoms with Crippen LogP contribution in [0.15, 0.2) is 36.4 Å². The minimum Gasteiger partial charge on any atom is -0.493 e. The number of carbonyl (C=O) groups excluding carboxylic acids is 3. The largest absolute Gasteiger partial charge is 0.493 e. The summed E-state index contributed by atoms with van der Waals surface area (Å²) < 4.78 is 10.1. The number of benzene rings is 2. The van der Waals surface area contributed by atoms with Crippen LogP contribution >= 0.6 is 11.8 Å². The van der Waals surface area contributed by atoms with Crippen molar-refractivity contribution in [3.63, 3.8) is 0 Å². The van der Waals surface area contributed by atoms with Gasteiger partial charge in [0, 0.05) is 4.75 Å². The quantitative estimate of drug-likeness (QED) is 0.582. The van der Waals surface area contributed by atoms with Crippen molar-refractivity contribution in [3.8, 4) is 5.75 Å². The zero-order valence-corrected chi connectivity index (χ0v) is 18.1. The van der Waals surface area contributed by atoms with Crippen LogP contribution in [0, 0.1) is 0 Å². The molecule has 8 heteroatoms. The van der Waals surface area contributed by atoms with Crippen LogP contribution in [0.4, 0.5) is 0 Å². The highest BCUT2D eigenvalue weighted by Gasteiger charge is 2.64. The lowest BCUT2D eigenvalue weighted by atomic mass is 9.95. The Morgan fingerprint density at radius 1 is 1.20 bits per heavy atom. The van der Waals surface area contributed by atoms with Gasteiger partial charge in [0.2, 0.25) is 5.91 Å². The maximum absolute atomic E-state index is 13.3. The van der Waals surface area contributed by atoms with Crippen molar-refractivity contribution >= 4 is 40.3 Å². The molecular formula is C22H24N2O5S. The molecule has 0 aromatic heterocycles. The molecule has 0 spiro atoms. The van der Waals surface area contributed by atoms with Gasteiger partial charge in [-0.05, 0) is 37.6 Å². The topological polar surface area (TPSA) is 84.9 Å². The number of nitrogens with one attached hydrogen (secondary N) is 1. The summed E-state index contributed by atoms with van der Waals surface area (Å²) in [5, 5.41) is 4.24. The molecule has 2 aromatic rings. The van der Waals surface area contributed by atoms with Gasteiger partial charge in [-0.25, -0.2) is 4.79 Å². The first-order chi connectivity index (χ1) is 14.3. The van der Waals surface area contributed by atoms with E-state index in [2.05, 4.69) is 5.32 Å². The van der Waals surface area contributed by atoms with Crippen molar-refractivity contribution in [3.05, 3.63) is 42.0 Å². The van der Waals surface area contributed by atoms with Gasteiger partial charge in [0.15, 0.2) is 0 Å². The van der Waals surface area contributed by atoms with Crippen molar-refractivity contribution in [2.75, 3.05) is 13.7 Å². The van der Waals surface area contributed by atoms with E-state index in [1.807, 2.05) is 51.1 Å².